The maximum atomic E-state index is 5.78. The van der Waals surface area contributed by atoms with Crippen molar-refractivity contribution >= 4 is 29.0 Å². The highest BCUT2D eigenvalue weighted by Crippen LogP contribution is 2.16. The van der Waals surface area contributed by atoms with Crippen molar-refractivity contribution in [2.45, 2.75) is 26.7 Å². The first-order valence-corrected chi connectivity index (χ1v) is 5.64. The van der Waals surface area contributed by atoms with Crippen LogP contribution in [0.2, 0.25) is 10.4 Å². The van der Waals surface area contributed by atoms with Crippen LogP contribution in [0.5, 0.6) is 0 Å². The molecule has 0 fully saturated rings. The summed E-state index contributed by atoms with van der Waals surface area (Å²) in [6, 6.07) is 0. The van der Waals surface area contributed by atoms with Gasteiger partial charge in [0.25, 0.3) is 0 Å². The number of aromatic nitrogens is 3. The molecule has 4 nitrogen and oxygen atoms in total. The van der Waals surface area contributed by atoms with Crippen molar-refractivity contribution in [3.63, 3.8) is 0 Å². The maximum absolute atomic E-state index is 5.78. The molecule has 0 saturated heterocycles. The van der Waals surface area contributed by atoms with Crippen molar-refractivity contribution in [1.82, 2.24) is 15.2 Å². The van der Waals surface area contributed by atoms with Gasteiger partial charge in [0.1, 0.15) is 0 Å². The van der Waals surface area contributed by atoms with Crippen LogP contribution >= 0.6 is 23.2 Å². The van der Waals surface area contributed by atoms with E-state index in [-0.39, 0.29) is 10.4 Å². The standard InChI is InChI=1S/C9H14Cl2N4/c1-6(2)4-3-5-12-8-7(10)14-15-9(11)13-8/h6H,3-5H2,1-2H3,(H,12,13,15). The van der Waals surface area contributed by atoms with Crippen LogP contribution < -0.4 is 5.32 Å². The fourth-order valence-corrected chi connectivity index (χ4v) is 1.39. The number of hydrogen-bond acceptors (Lipinski definition) is 4. The van der Waals surface area contributed by atoms with E-state index in [1.54, 1.807) is 0 Å². The molecule has 0 unspecified atom stereocenters. The quantitative estimate of drug-likeness (QED) is 0.815. The molecule has 1 N–H and O–H groups in total. The summed E-state index contributed by atoms with van der Waals surface area (Å²) < 4.78 is 0. The molecule has 6 heteroatoms. The number of rotatable bonds is 5. The fraction of sp³-hybridized carbons (Fsp3) is 0.667. The van der Waals surface area contributed by atoms with Crippen LogP contribution in [0.4, 0.5) is 5.82 Å². The predicted molar refractivity (Wildman–Crippen MR) is 62.4 cm³/mol. The molecule has 0 atom stereocenters. The van der Waals surface area contributed by atoms with Crippen LogP contribution in [0.1, 0.15) is 26.7 Å². The zero-order valence-corrected chi connectivity index (χ0v) is 10.3. The minimum Gasteiger partial charge on any atom is -0.367 e. The van der Waals surface area contributed by atoms with Gasteiger partial charge in [-0.05, 0) is 30.4 Å². The van der Waals surface area contributed by atoms with Crippen molar-refractivity contribution in [3.8, 4) is 0 Å². The van der Waals surface area contributed by atoms with E-state index in [4.69, 9.17) is 23.2 Å². The Labute approximate surface area is 99.4 Å². The number of hydrogen-bond donors (Lipinski definition) is 1. The highest BCUT2D eigenvalue weighted by Gasteiger charge is 2.04. The van der Waals surface area contributed by atoms with Gasteiger partial charge in [-0.15, -0.1) is 10.2 Å². The predicted octanol–water partition coefficient (Wildman–Crippen LogP) is 3.03. The summed E-state index contributed by atoms with van der Waals surface area (Å²) in [5.74, 6) is 1.20. The fourth-order valence-electron chi connectivity index (χ4n) is 1.12. The Bertz CT molecular complexity index is 317. The molecular formula is C9H14Cl2N4. The highest BCUT2D eigenvalue weighted by atomic mass is 35.5. The molecule has 1 heterocycles. The van der Waals surface area contributed by atoms with E-state index >= 15 is 0 Å². The zero-order valence-electron chi connectivity index (χ0n) is 8.80. The SMILES string of the molecule is CC(C)CCCNc1nc(Cl)nnc1Cl. The first kappa shape index (κ1) is 12.5. The number of anilines is 1. The second-order valence-electron chi connectivity index (χ2n) is 3.68. The molecule has 0 bridgehead atoms. The Hall–Kier alpha value is -0.610. The van der Waals surface area contributed by atoms with Crippen LogP contribution in [0.25, 0.3) is 0 Å². The highest BCUT2D eigenvalue weighted by molar-refractivity contribution is 6.32. The Morgan fingerprint density at radius 2 is 2.00 bits per heavy atom. The minimum atomic E-state index is 0.103. The molecule has 0 aromatic carbocycles. The van der Waals surface area contributed by atoms with Crippen molar-refractivity contribution < 1.29 is 0 Å². The molecule has 15 heavy (non-hydrogen) atoms. The minimum absolute atomic E-state index is 0.103. The Balaban J connectivity index is 2.40. The van der Waals surface area contributed by atoms with Crippen molar-refractivity contribution in [1.29, 1.82) is 0 Å². The average Bonchev–Trinajstić information content (AvgIpc) is 2.17. The van der Waals surface area contributed by atoms with Gasteiger partial charge in [-0.3, -0.25) is 0 Å². The summed E-state index contributed by atoms with van der Waals surface area (Å²) in [4.78, 5) is 3.94. The van der Waals surface area contributed by atoms with Crippen LogP contribution in [-0.2, 0) is 0 Å². The summed E-state index contributed by atoms with van der Waals surface area (Å²) in [6.07, 6.45) is 2.23. The van der Waals surface area contributed by atoms with E-state index in [9.17, 15) is 0 Å². The van der Waals surface area contributed by atoms with Crippen molar-refractivity contribution in [2.24, 2.45) is 5.92 Å². The smallest absolute Gasteiger partial charge is 0.245 e. The molecule has 0 aliphatic carbocycles. The summed E-state index contributed by atoms with van der Waals surface area (Å²) in [7, 11) is 0. The van der Waals surface area contributed by atoms with E-state index in [0.717, 1.165) is 19.4 Å². The second kappa shape index (κ2) is 6.08. The summed E-state index contributed by atoms with van der Waals surface area (Å²) in [5, 5.41) is 10.6. The molecule has 0 aliphatic rings. The lowest BCUT2D eigenvalue weighted by Crippen LogP contribution is -2.06. The lowest BCUT2D eigenvalue weighted by molar-refractivity contribution is 0.566. The third-order valence-corrected chi connectivity index (χ3v) is 2.29. The molecule has 0 spiro atoms. The van der Waals surface area contributed by atoms with Gasteiger partial charge in [0.05, 0.1) is 0 Å². The van der Waals surface area contributed by atoms with Crippen molar-refractivity contribution in [2.75, 3.05) is 11.9 Å². The molecule has 1 aromatic rings. The van der Waals surface area contributed by atoms with Gasteiger partial charge in [0.2, 0.25) is 5.28 Å². The summed E-state index contributed by atoms with van der Waals surface area (Å²) in [6.45, 7) is 5.19. The van der Waals surface area contributed by atoms with Gasteiger partial charge in [0.15, 0.2) is 11.0 Å². The van der Waals surface area contributed by atoms with Gasteiger partial charge < -0.3 is 5.32 Å². The second-order valence-corrected chi connectivity index (χ2v) is 4.38. The van der Waals surface area contributed by atoms with Crippen LogP contribution in [-0.4, -0.2) is 21.7 Å². The zero-order chi connectivity index (χ0) is 11.3. The van der Waals surface area contributed by atoms with Crippen LogP contribution in [0.3, 0.4) is 0 Å². The molecule has 0 radical (unpaired) electrons. The average molecular weight is 249 g/mol. The Kier molecular flexibility index (Phi) is 5.05. The van der Waals surface area contributed by atoms with Gasteiger partial charge in [-0.2, -0.15) is 4.98 Å². The van der Waals surface area contributed by atoms with E-state index in [2.05, 4.69) is 34.3 Å². The molecule has 0 aliphatic heterocycles. The number of nitrogens with zero attached hydrogens (tertiary/aromatic N) is 3. The first-order valence-electron chi connectivity index (χ1n) is 4.89. The van der Waals surface area contributed by atoms with Crippen molar-refractivity contribution in [3.05, 3.63) is 10.4 Å². The maximum Gasteiger partial charge on any atom is 0.245 e. The van der Waals surface area contributed by atoms with Crippen LogP contribution in [0, 0.1) is 5.92 Å². The Morgan fingerprint density at radius 1 is 1.27 bits per heavy atom. The normalized spacial score (nSPS) is 10.7. The lowest BCUT2D eigenvalue weighted by Gasteiger charge is -2.07. The van der Waals surface area contributed by atoms with Crippen LogP contribution in [0.15, 0.2) is 0 Å². The number of halogens is 2. The van der Waals surface area contributed by atoms with Gasteiger partial charge in [-0.1, -0.05) is 25.4 Å². The largest absolute Gasteiger partial charge is 0.367 e. The monoisotopic (exact) mass is 248 g/mol. The number of nitrogens with one attached hydrogen (secondary N) is 1. The van der Waals surface area contributed by atoms with Gasteiger partial charge in [-0.25, -0.2) is 0 Å². The van der Waals surface area contributed by atoms with Gasteiger partial charge >= 0.3 is 0 Å². The van der Waals surface area contributed by atoms with E-state index < -0.39 is 0 Å². The van der Waals surface area contributed by atoms with E-state index in [1.165, 1.54) is 0 Å². The molecule has 0 amide bonds. The van der Waals surface area contributed by atoms with Gasteiger partial charge in [0, 0.05) is 6.54 Å². The molecule has 1 aromatic heterocycles. The molecular weight excluding hydrogens is 235 g/mol. The Morgan fingerprint density at radius 3 is 2.67 bits per heavy atom. The van der Waals surface area contributed by atoms with E-state index in [0.29, 0.717) is 11.7 Å². The molecule has 84 valence electrons. The summed E-state index contributed by atoms with van der Waals surface area (Å²) in [5.41, 5.74) is 0. The van der Waals surface area contributed by atoms with E-state index in [1.807, 2.05) is 0 Å². The molecule has 0 saturated carbocycles. The topological polar surface area (TPSA) is 50.7 Å². The summed E-state index contributed by atoms with van der Waals surface area (Å²) >= 11 is 11.4. The lowest BCUT2D eigenvalue weighted by atomic mass is 10.1. The third kappa shape index (κ3) is 4.62. The molecule has 1 rings (SSSR count). The third-order valence-electron chi connectivity index (χ3n) is 1.87. The first-order chi connectivity index (χ1) is 7.09.